The van der Waals surface area contributed by atoms with Crippen molar-refractivity contribution in [3.8, 4) is 11.1 Å². The van der Waals surface area contributed by atoms with E-state index in [0.29, 0.717) is 0 Å². The number of amides is 1. The average Bonchev–Trinajstić information content (AvgIpc) is 3.12. The molecule has 1 aliphatic rings. The van der Waals surface area contributed by atoms with Gasteiger partial charge in [-0.25, -0.2) is 9.59 Å². The SMILES string of the molecule is CCCCCCC/C=C/C[C@H](NC(=O)OCC1c2ccccc2-c2ccccc21)C(=O)O. The lowest BCUT2D eigenvalue weighted by Crippen LogP contribution is -2.41. The summed E-state index contributed by atoms with van der Waals surface area (Å²) in [5.41, 5.74) is 4.55. The molecule has 0 fully saturated rings. The van der Waals surface area contributed by atoms with E-state index in [9.17, 15) is 14.7 Å². The van der Waals surface area contributed by atoms with E-state index in [1.54, 1.807) is 0 Å². The predicted molar refractivity (Wildman–Crippen MR) is 127 cm³/mol. The lowest BCUT2D eigenvalue weighted by atomic mass is 9.98. The van der Waals surface area contributed by atoms with Crippen molar-refractivity contribution < 1.29 is 19.4 Å². The summed E-state index contributed by atoms with van der Waals surface area (Å²) >= 11 is 0. The first-order chi connectivity index (χ1) is 15.6. The topological polar surface area (TPSA) is 75.6 Å². The summed E-state index contributed by atoms with van der Waals surface area (Å²) in [7, 11) is 0. The number of fused-ring (bicyclic) bond motifs is 3. The predicted octanol–water partition coefficient (Wildman–Crippen LogP) is 6.29. The van der Waals surface area contributed by atoms with E-state index in [0.717, 1.165) is 35.1 Å². The molecular weight excluding hydrogens is 402 g/mol. The lowest BCUT2D eigenvalue weighted by Gasteiger charge is -2.16. The highest BCUT2D eigenvalue weighted by Crippen LogP contribution is 2.44. The standard InChI is InChI=1S/C27H33NO4/c1-2-3-4-5-6-7-8-9-18-25(26(29)30)28-27(31)32-19-24-22-16-12-10-14-20(22)21-15-11-13-17-23(21)24/h8-17,24-25H,2-7,18-19H2,1H3,(H,28,31)(H,29,30)/b9-8+/t25-/m0/s1. The van der Waals surface area contributed by atoms with E-state index < -0.39 is 18.1 Å². The third-order valence-corrected chi connectivity index (χ3v) is 5.95. The summed E-state index contributed by atoms with van der Waals surface area (Å²) in [5, 5.41) is 12.0. The van der Waals surface area contributed by atoms with E-state index in [1.807, 2.05) is 48.6 Å². The Balaban J connectivity index is 1.49. The third kappa shape index (κ3) is 6.22. The van der Waals surface area contributed by atoms with Crippen LogP contribution in [0, 0.1) is 0 Å². The molecule has 5 heteroatoms. The van der Waals surface area contributed by atoms with E-state index in [2.05, 4.69) is 24.4 Å². The van der Waals surface area contributed by atoms with Crippen LogP contribution in [0.3, 0.4) is 0 Å². The van der Waals surface area contributed by atoms with Crippen molar-refractivity contribution in [1.29, 1.82) is 0 Å². The Morgan fingerprint density at radius 2 is 1.59 bits per heavy atom. The summed E-state index contributed by atoms with van der Waals surface area (Å²) in [4.78, 5) is 23.9. The Morgan fingerprint density at radius 3 is 2.22 bits per heavy atom. The number of rotatable bonds is 12. The lowest BCUT2D eigenvalue weighted by molar-refractivity contribution is -0.139. The number of carboxylic acid groups (broad SMARTS) is 1. The number of carboxylic acids is 1. The monoisotopic (exact) mass is 435 g/mol. The molecule has 0 bridgehead atoms. The highest BCUT2D eigenvalue weighted by atomic mass is 16.5. The number of unbranched alkanes of at least 4 members (excludes halogenated alkanes) is 5. The van der Waals surface area contributed by atoms with Crippen molar-refractivity contribution in [2.75, 3.05) is 6.61 Å². The summed E-state index contributed by atoms with van der Waals surface area (Å²) in [6.07, 6.45) is 10.3. The molecule has 0 aliphatic heterocycles. The zero-order chi connectivity index (χ0) is 22.8. The fraction of sp³-hybridized carbons (Fsp3) is 0.407. The molecule has 0 radical (unpaired) electrons. The van der Waals surface area contributed by atoms with Gasteiger partial charge in [0.1, 0.15) is 12.6 Å². The van der Waals surface area contributed by atoms with E-state index in [4.69, 9.17) is 4.74 Å². The Morgan fingerprint density at radius 1 is 0.969 bits per heavy atom. The molecule has 3 rings (SSSR count). The van der Waals surface area contributed by atoms with Crippen LogP contribution in [0.2, 0.25) is 0 Å². The first-order valence-electron chi connectivity index (χ1n) is 11.6. The molecule has 2 aromatic carbocycles. The maximum absolute atomic E-state index is 12.4. The molecule has 1 amide bonds. The zero-order valence-corrected chi connectivity index (χ0v) is 18.8. The van der Waals surface area contributed by atoms with Crippen molar-refractivity contribution in [3.05, 3.63) is 71.8 Å². The first kappa shape index (κ1) is 23.6. The van der Waals surface area contributed by atoms with Gasteiger partial charge in [0.05, 0.1) is 0 Å². The van der Waals surface area contributed by atoms with Crippen molar-refractivity contribution >= 4 is 12.1 Å². The van der Waals surface area contributed by atoms with Gasteiger partial charge in [0, 0.05) is 5.92 Å². The van der Waals surface area contributed by atoms with E-state index in [-0.39, 0.29) is 18.9 Å². The van der Waals surface area contributed by atoms with Crippen LogP contribution in [0.15, 0.2) is 60.7 Å². The average molecular weight is 436 g/mol. The molecule has 0 unspecified atom stereocenters. The molecule has 32 heavy (non-hydrogen) atoms. The normalized spacial score (nSPS) is 13.5. The number of hydrogen-bond donors (Lipinski definition) is 2. The number of hydrogen-bond acceptors (Lipinski definition) is 3. The van der Waals surface area contributed by atoms with Crippen LogP contribution in [-0.2, 0) is 9.53 Å². The van der Waals surface area contributed by atoms with Crippen LogP contribution in [0.1, 0.15) is 68.9 Å². The summed E-state index contributed by atoms with van der Waals surface area (Å²) < 4.78 is 5.47. The van der Waals surface area contributed by atoms with Gasteiger partial charge in [-0.15, -0.1) is 0 Å². The Bertz CT molecular complexity index is 891. The summed E-state index contributed by atoms with van der Waals surface area (Å²) in [6.45, 7) is 2.36. The number of allylic oxidation sites excluding steroid dienone is 1. The Kier molecular flexibility index (Phi) is 8.90. The van der Waals surface area contributed by atoms with Gasteiger partial charge in [0.15, 0.2) is 0 Å². The largest absolute Gasteiger partial charge is 0.480 e. The van der Waals surface area contributed by atoms with Crippen LogP contribution in [-0.4, -0.2) is 29.8 Å². The van der Waals surface area contributed by atoms with Gasteiger partial charge in [-0.05, 0) is 41.5 Å². The van der Waals surface area contributed by atoms with Gasteiger partial charge in [-0.3, -0.25) is 0 Å². The summed E-state index contributed by atoms with van der Waals surface area (Å²) in [5.74, 6) is -1.12. The van der Waals surface area contributed by atoms with Crippen LogP contribution in [0.25, 0.3) is 11.1 Å². The molecule has 1 atom stereocenters. The third-order valence-electron chi connectivity index (χ3n) is 5.95. The second-order valence-corrected chi connectivity index (χ2v) is 8.27. The molecule has 170 valence electrons. The van der Waals surface area contributed by atoms with Gasteiger partial charge in [0.25, 0.3) is 0 Å². The maximum atomic E-state index is 12.4. The van der Waals surface area contributed by atoms with Crippen molar-refractivity contribution in [2.24, 2.45) is 0 Å². The molecule has 2 aromatic rings. The van der Waals surface area contributed by atoms with E-state index >= 15 is 0 Å². The smallest absolute Gasteiger partial charge is 0.407 e. The highest BCUT2D eigenvalue weighted by molar-refractivity contribution is 5.81. The molecule has 0 heterocycles. The fourth-order valence-corrected chi connectivity index (χ4v) is 4.22. The fourth-order valence-electron chi connectivity index (χ4n) is 4.22. The number of aliphatic carboxylic acids is 1. The minimum absolute atomic E-state index is 0.0518. The molecule has 2 N–H and O–H groups in total. The second-order valence-electron chi connectivity index (χ2n) is 8.27. The highest BCUT2D eigenvalue weighted by Gasteiger charge is 2.29. The maximum Gasteiger partial charge on any atom is 0.407 e. The molecule has 0 aromatic heterocycles. The molecule has 0 saturated heterocycles. The molecule has 5 nitrogen and oxygen atoms in total. The number of carbonyl (C=O) groups is 2. The van der Waals surface area contributed by atoms with Crippen LogP contribution in [0.4, 0.5) is 4.79 Å². The minimum atomic E-state index is -1.06. The van der Waals surface area contributed by atoms with Gasteiger partial charge in [-0.2, -0.15) is 0 Å². The quantitative estimate of drug-likeness (QED) is 0.304. The molecule has 1 aliphatic carbocycles. The minimum Gasteiger partial charge on any atom is -0.480 e. The van der Waals surface area contributed by atoms with Crippen LogP contribution in [0.5, 0.6) is 0 Å². The number of benzene rings is 2. The van der Waals surface area contributed by atoms with Gasteiger partial charge in [-0.1, -0.05) is 93.3 Å². The Labute approximate surface area is 190 Å². The summed E-state index contributed by atoms with van der Waals surface area (Å²) in [6, 6.07) is 15.2. The van der Waals surface area contributed by atoms with Gasteiger partial charge >= 0.3 is 12.1 Å². The zero-order valence-electron chi connectivity index (χ0n) is 18.8. The second kappa shape index (κ2) is 12.1. The first-order valence-corrected chi connectivity index (χ1v) is 11.6. The van der Waals surface area contributed by atoms with Gasteiger partial charge < -0.3 is 15.2 Å². The van der Waals surface area contributed by atoms with Crippen molar-refractivity contribution in [2.45, 2.75) is 63.8 Å². The van der Waals surface area contributed by atoms with E-state index in [1.165, 1.54) is 25.7 Å². The Hall–Kier alpha value is -3.08. The van der Waals surface area contributed by atoms with Gasteiger partial charge in [0.2, 0.25) is 0 Å². The molecule has 0 saturated carbocycles. The number of ether oxygens (including phenoxy) is 1. The number of alkyl carbamates (subject to hydrolysis) is 1. The van der Waals surface area contributed by atoms with Crippen molar-refractivity contribution in [3.63, 3.8) is 0 Å². The number of nitrogens with one attached hydrogen (secondary N) is 1. The van der Waals surface area contributed by atoms with Crippen molar-refractivity contribution in [1.82, 2.24) is 5.32 Å². The molecular formula is C27H33NO4. The number of carbonyl (C=O) groups excluding carboxylic acids is 1. The molecule has 0 spiro atoms. The van der Waals surface area contributed by atoms with Crippen LogP contribution >= 0.6 is 0 Å². The van der Waals surface area contributed by atoms with Crippen LogP contribution < -0.4 is 5.32 Å².